The molecule has 6 heteroatoms. The minimum atomic E-state index is -0.0816. The Bertz CT molecular complexity index is 643. The number of ether oxygens (including phenoxy) is 1. The van der Waals surface area contributed by atoms with E-state index in [1.807, 2.05) is 30.5 Å². The van der Waals surface area contributed by atoms with Crippen molar-refractivity contribution < 1.29 is 9.53 Å². The maximum absolute atomic E-state index is 12.2. The predicted molar refractivity (Wildman–Crippen MR) is 93.1 cm³/mol. The standard InChI is InChI=1S/C17H23N3O2S/c1-12-9-14(5-6-15(12)22-4)10-19-17(21)20(3)11-13(2)16-18-7-8-23-16/h5-9,13H,10-11H2,1-4H3,(H,19,21)/t13-/m1/s1. The summed E-state index contributed by atoms with van der Waals surface area (Å²) in [6, 6.07) is 5.83. The first-order valence-corrected chi connectivity index (χ1v) is 8.41. The van der Waals surface area contributed by atoms with Crippen LogP contribution in [0, 0.1) is 6.92 Å². The molecule has 0 saturated heterocycles. The number of urea groups is 1. The van der Waals surface area contributed by atoms with Crippen LogP contribution in [-0.4, -0.2) is 36.6 Å². The third-order valence-corrected chi connectivity index (χ3v) is 4.68. The zero-order chi connectivity index (χ0) is 16.8. The number of carbonyl (C=O) groups is 1. The summed E-state index contributed by atoms with van der Waals surface area (Å²) < 4.78 is 5.24. The van der Waals surface area contributed by atoms with Crippen LogP contribution >= 0.6 is 11.3 Å². The molecule has 2 aromatic rings. The summed E-state index contributed by atoms with van der Waals surface area (Å²) in [5.74, 6) is 1.09. The van der Waals surface area contributed by atoms with Gasteiger partial charge in [0, 0.05) is 37.6 Å². The van der Waals surface area contributed by atoms with Gasteiger partial charge in [-0.05, 0) is 24.1 Å². The van der Waals surface area contributed by atoms with E-state index in [0.717, 1.165) is 21.9 Å². The number of benzene rings is 1. The minimum Gasteiger partial charge on any atom is -0.496 e. The third-order valence-electron chi connectivity index (χ3n) is 3.67. The van der Waals surface area contributed by atoms with Crippen LogP contribution in [-0.2, 0) is 6.54 Å². The highest BCUT2D eigenvalue weighted by molar-refractivity contribution is 7.09. The molecule has 1 aromatic heterocycles. The van der Waals surface area contributed by atoms with Crippen LogP contribution < -0.4 is 10.1 Å². The molecule has 0 spiro atoms. The number of methoxy groups -OCH3 is 1. The Hall–Kier alpha value is -2.08. The van der Waals surface area contributed by atoms with Crippen molar-refractivity contribution in [3.8, 4) is 5.75 Å². The van der Waals surface area contributed by atoms with Gasteiger partial charge >= 0.3 is 6.03 Å². The molecule has 1 heterocycles. The fourth-order valence-corrected chi connectivity index (χ4v) is 3.10. The van der Waals surface area contributed by atoms with Crippen LogP contribution in [0.2, 0.25) is 0 Å². The second-order valence-electron chi connectivity index (χ2n) is 5.61. The molecule has 0 aliphatic carbocycles. The molecule has 2 amide bonds. The molecule has 1 aromatic carbocycles. The van der Waals surface area contributed by atoms with E-state index in [9.17, 15) is 4.79 Å². The summed E-state index contributed by atoms with van der Waals surface area (Å²) in [7, 11) is 3.46. The number of aryl methyl sites for hydroxylation is 1. The first-order chi connectivity index (χ1) is 11.0. The van der Waals surface area contributed by atoms with Crippen LogP contribution in [0.5, 0.6) is 5.75 Å². The number of carbonyl (C=O) groups excluding carboxylic acids is 1. The molecular formula is C17H23N3O2S. The Morgan fingerprint density at radius 1 is 1.48 bits per heavy atom. The van der Waals surface area contributed by atoms with Crippen LogP contribution in [0.25, 0.3) is 0 Å². The molecule has 0 aliphatic heterocycles. The van der Waals surface area contributed by atoms with Crippen LogP contribution in [0.15, 0.2) is 29.8 Å². The van der Waals surface area contributed by atoms with Gasteiger partial charge in [0.1, 0.15) is 5.75 Å². The number of rotatable bonds is 6. The lowest BCUT2D eigenvalue weighted by atomic mass is 10.1. The highest BCUT2D eigenvalue weighted by Crippen LogP contribution is 2.19. The van der Waals surface area contributed by atoms with Crippen molar-refractivity contribution in [1.29, 1.82) is 0 Å². The van der Waals surface area contributed by atoms with Crippen molar-refractivity contribution in [3.05, 3.63) is 45.9 Å². The maximum Gasteiger partial charge on any atom is 0.317 e. The monoisotopic (exact) mass is 333 g/mol. The van der Waals surface area contributed by atoms with Crippen LogP contribution in [0.4, 0.5) is 4.79 Å². The van der Waals surface area contributed by atoms with Gasteiger partial charge in [-0.3, -0.25) is 0 Å². The van der Waals surface area contributed by atoms with E-state index < -0.39 is 0 Å². The van der Waals surface area contributed by atoms with E-state index in [-0.39, 0.29) is 11.9 Å². The first-order valence-electron chi connectivity index (χ1n) is 7.53. The Labute approximate surface area is 141 Å². The predicted octanol–water partition coefficient (Wildman–Crippen LogP) is 3.41. The SMILES string of the molecule is COc1ccc(CNC(=O)N(C)C[C@@H](C)c2nccs2)cc1C. The molecule has 2 rings (SSSR count). The number of nitrogens with zero attached hydrogens (tertiary/aromatic N) is 2. The molecule has 23 heavy (non-hydrogen) atoms. The first kappa shape index (κ1) is 17.3. The average Bonchev–Trinajstić information content (AvgIpc) is 3.07. The molecule has 0 fully saturated rings. The summed E-state index contributed by atoms with van der Waals surface area (Å²) in [5.41, 5.74) is 2.11. The third kappa shape index (κ3) is 4.69. The molecule has 1 N–H and O–H groups in total. The quantitative estimate of drug-likeness (QED) is 0.881. The summed E-state index contributed by atoms with van der Waals surface area (Å²) >= 11 is 1.62. The number of likely N-dealkylation sites (N-methyl/N-ethyl adjacent to an activating group) is 1. The fraction of sp³-hybridized carbons (Fsp3) is 0.412. The number of amides is 2. The molecular weight excluding hydrogens is 310 g/mol. The number of nitrogens with one attached hydrogen (secondary N) is 1. The topological polar surface area (TPSA) is 54.5 Å². The van der Waals surface area contributed by atoms with Gasteiger partial charge < -0.3 is 15.0 Å². The lowest BCUT2D eigenvalue weighted by Crippen LogP contribution is -2.38. The molecule has 1 atom stereocenters. The molecule has 124 valence electrons. The van der Waals surface area contributed by atoms with E-state index in [2.05, 4.69) is 17.2 Å². The van der Waals surface area contributed by atoms with Crippen molar-refractivity contribution in [2.75, 3.05) is 20.7 Å². The van der Waals surface area contributed by atoms with Crippen molar-refractivity contribution >= 4 is 17.4 Å². The fourth-order valence-electron chi connectivity index (χ4n) is 2.41. The minimum absolute atomic E-state index is 0.0816. The second kappa shape index (κ2) is 7.97. The van der Waals surface area contributed by atoms with Gasteiger partial charge in [-0.2, -0.15) is 0 Å². The van der Waals surface area contributed by atoms with E-state index >= 15 is 0 Å². The number of hydrogen-bond donors (Lipinski definition) is 1. The van der Waals surface area contributed by atoms with Crippen molar-refractivity contribution in [2.24, 2.45) is 0 Å². The number of aromatic nitrogens is 1. The smallest absolute Gasteiger partial charge is 0.317 e. The second-order valence-corrected chi connectivity index (χ2v) is 6.54. The zero-order valence-corrected chi connectivity index (χ0v) is 14.8. The van der Waals surface area contributed by atoms with E-state index in [1.54, 1.807) is 36.6 Å². The molecule has 0 unspecified atom stereocenters. The van der Waals surface area contributed by atoms with Crippen molar-refractivity contribution in [2.45, 2.75) is 26.3 Å². The average molecular weight is 333 g/mol. The Morgan fingerprint density at radius 2 is 2.26 bits per heavy atom. The van der Waals surface area contributed by atoms with Crippen molar-refractivity contribution in [3.63, 3.8) is 0 Å². The Morgan fingerprint density at radius 3 is 2.87 bits per heavy atom. The Kier molecular flexibility index (Phi) is 5.98. The number of thiazole rings is 1. The van der Waals surface area contributed by atoms with Gasteiger partial charge in [0.2, 0.25) is 0 Å². The van der Waals surface area contributed by atoms with Gasteiger partial charge in [-0.1, -0.05) is 19.1 Å². The highest BCUT2D eigenvalue weighted by atomic mass is 32.1. The van der Waals surface area contributed by atoms with E-state index in [0.29, 0.717) is 13.1 Å². The lowest BCUT2D eigenvalue weighted by molar-refractivity contribution is 0.206. The van der Waals surface area contributed by atoms with E-state index in [1.165, 1.54) is 0 Å². The molecule has 0 bridgehead atoms. The van der Waals surface area contributed by atoms with Gasteiger partial charge in [-0.15, -0.1) is 11.3 Å². The van der Waals surface area contributed by atoms with Crippen LogP contribution in [0.3, 0.4) is 0 Å². The summed E-state index contributed by atoms with van der Waals surface area (Å²) in [4.78, 5) is 18.2. The van der Waals surface area contributed by atoms with Gasteiger partial charge in [0.05, 0.1) is 12.1 Å². The molecule has 0 radical (unpaired) electrons. The summed E-state index contributed by atoms with van der Waals surface area (Å²) in [6.45, 7) is 5.21. The lowest BCUT2D eigenvalue weighted by Gasteiger charge is -2.21. The van der Waals surface area contributed by atoms with Crippen LogP contribution in [0.1, 0.15) is 29.0 Å². The normalized spacial score (nSPS) is 11.8. The largest absolute Gasteiger partial charge is 0.496 e. The summed E-state index contributed by atoms with van der Waals surface area (Å²) in [6.07, 6.45) is 1.79. The molecule has 5 nitrogen and oxygen atoms in total. The van der Waals surface area contributed by atoms with E-state index in [4.69, 9.17) is 4.74 Å². The Balaban J connectivity index is 1.85. The number of hydrogen-bond acceptors (Lipinski definition) is 4. The van der Waals surface area contributed by atoms with Gasteiger partial charge in [-0.25, -0.2) is 9.78 Å². The summed E-state index contributed by atoms with van der Waals surface area (Å²) in [5, 5.41) is 5.95. The highest BCUT2D eigenvalue weighted by Gasteiger charge is 2.15. The zero-order valence-electron chi connectivity index (χ0n) is 14.0. The van der Waals surface area contributed by atoms with Gasteiger partial charge in [0.25, 0.3) is 0 Å². The molecule has 0 saturated carbocycles. The van der Waals surface area contributed by atoms with Crippen molar-refractivity contribution in [1.82, 2.24) is 15.2 Å². The maximum atomic E-state index is 12.2. The van der Waals surface area contributed by atoms with Gasteiger partial charge in [0.15, 0.2) is 0 Å². The molecule has 0 aliphatic rings.